The van der Waals surface area contributed by atoms with Crippen molar-refractivity contribution in [1.29, 1.82) is 0 Å². The molecule has 0 amide bonds. The first-order valence-corrected chi connectivity index (χ1v) is 18.1. The van der Waals surface area contributed by atoms with Gasteiger partial charge in [-0.1, -0.05) is 107 Å². The van der Waals surface area contributed by atoms with Crippen molar-refractivity contribution in [2.45, 2.75) is 12.8 Å². The van der Waals surface area contributed by atoms with Gasteiger partial charge in [0.15, 0.2) is 0 Å². The van der Waals surface area contributed by atoms with Crippen molar-refractivity contribution in [2.75, 3.05) is 0 Å². The molecule has 0 atom stereocenters. The van der Waals surface area contributed by atoms with Gasteiger partial charge < -0.3 is 5.11 Å². The molecule has 0 spiro atoms. The van der Waals surface area contributed by atoms with Crippen molar-refractivity contribution in [3.63, 3.8) is 0 Å². The first kappa shape index (κ1) is 31.9. The highest BCUT2D eigenvalue weighted by atomic mass is 16.3. The Morgan fingerprint density at radius 3 is 2.02 bits per heavy atom. The molecule has 8 heteroatoms. The van der Waals surface area contributed by atoms with Crippen LogP contribution in [0.2, 0.25) is 0 Å². The van der Waals surface area contributed by atoms with Crippen LogP contribution in [0, 0.1) is 0 Å². The van der Waals surface area contributed by atoms with Crippen molar-refractivity contribution in [1.82, 2.24) is 14.5 Å². The zero-order valence-corrected chi connectivity index (χ0v) is 29.9. The van der Waals surface area contributed by atoms with Crippen LogP contribution in [-0.2, 0) is 0 Å². The lowest BCUT2D eigenvalue weighted by Gasteiger charge is -2.21. The summed E-state index contributed by atoms with van der Waals surface area (Å²) in [6, 6.07) is 40.9. The molecule has 6 aromatic carbocycles. The van der Waals surface area contributed by atoms with Crippen LogP contribution in [0.5, 0.6) is 5.75 Å². The van der Waals surface area contributed by atoms with E-state index in [9.17, 15) is 5.11 Å². The fourth-order valence-corrected chi connectivity index (χ4v) is 8.32. The molecule has 1 N–H and O–H groups in total. The minimum Gasteiger partial charge on any atom is -0.509 e. The number of hydrogen-bond acceptors (Lipinski definition) is 3. The highest BCUT2D eigenvalue weighted by Gasteiger charge is 2.23. The van der Waals surface area contributed by atoms with E-state index in [-0.39, 0.29) is 0 Å². The van der Waals surface area contributed by atoms with Crippen LogP contribution in [-0.4, -0.2) is 51.0 Å². The molecule has 0 bridgehead atoms. The van der Waals surface area contributed by atoms with Gasteiger partial charge in [0.2, 0.25) is 0 Å². The topological polar surface area (TPSA) is 50.9 Å². The molecule has 1 aliphatic carbocycles. The van der Waals surface area contributed by atoms with Crippen molar-refractivity contribution < 1.29 is 5.11 Å². The number of para-hydroxylation sites is 2. The molecule has 8 aromatic rings. The second kappa shape index (κ2) is 12.6. The van der Waals surface area contributed by atoms with Gasteiger partial charge in [-0.25, -0.2) is 4.98 Å². The van der Waals surface area contributed by atoms with E-state index in [1.807, 2.05) is 34.0 Å². The largest absolute Gasteiger partial charge is 0.509 e. The molecule has 2 aromatic heterocycles. The predicted molar refractivity (Wildman–Crippen MR) is 230 cm³/mol. The monoisotopic (exact) mass is 665 g/mol. The summed E-state index contributed by atoms with van der Waals surface area (Å²) in [7, 11) is 8.22. The Balaban J connectivity index is 1.32. The van der Waals surface area contributed by atoms with Crippen molar-refractivity contribution >= 4 is 87.2 Å². The highest BCUT2D eigenvalue weighted by Crippen LogP contribution is 2.37. The van der Waals surface area contributed by atoms with E-state index < -0.39 is 0 Å². The molecule has 0 radical (unpaired) electrons. The first-order valence-electron chi connectivity index (χ1n) is 18.1. The summed E-state index contributed by atoms with van der Waals surface area (Å²) in [5, 5.41) is 16.2. The molecule has 244 valence electrons. The van der Waals surface area contributed by atoms with Crippen molar-refractivity contribution in [3.05, 3.63) is 132 Å². The summed E-state index contributed by atoms with van der Waals surface area (Å²) in [6.45, 7) is 0. The smallest absolute Gasteiger partial charge is 0.145 e. The first-order chi connectivity index (χ1) is 25.4. The van der Waals surface area contributed by atoms with E-state index in [0.717, 1.165) is 79.6 Å². The van der Waals surface area contributed by atoms with Gasteiger partial charge in [-0.3, -0.25) is 9.55 Å². The predicted octanol–water partition coefficient (Wildman–Crippen LogP) is 2.34. The molecule has 52 heavy (non-hydrogen) atoms. The SMILES string of the molecule is Bc1c(B)c(O)c(B)c(-c2nc3ccccc3n2-c2cccc(-c3c4c(c(-c5ccccc5-c5ccccn5)c5ccccc35)=CCCC=4)c2)c1B. The van der Waals surface area contributed by atoms with Crippen molar-refractivity contribution in [3.8, 4) is 56.3 Å². The van der Waals surface area contributed by atoms with E-state index >= 15 is 0 Å². The van der Waals surface area contributed by atoms with Crippen LogP contribution in [0.25, 0.3) is 84.5 Å². The lowest BCUT2D eigenvalue weighted by atomic mass is 9.66. The molecule has 1 aliphatic rings. The number of phenols is 1. The van der Waals surface area contributed by atoms with Crippen LogP contribution < -0.4 is 32.3 Å². The molecule has 0 aliphatic heterocycles. The summed E-state index contributed by atoms with van der Waals surface area (Å²) >= 11 is 0. The number of pyridine rings is 1. The third-order valence-corrected chi connectivity index (χ3v) is 11.1. The number of aromatic hydroxyl groups is 1. The van der Waals surface area contributed by atoms with Gasteiger partial charge in [-0.05, 0) is 98.2 Å². The molecule has 0 fully saturated rings. The number of imidazole rings is 1. The summed E-state index contributed by atoms with van der Waals surface area (Å²) in [5.74, 6) is 1.17. The van der Waals surface area contributed by atoms with Crippen molar-refractivity contribution in [2.24, 2.45) is 0 Å². The van der Waals surface area contributed by atoms with Gasteiger partial charge in [0.05, 0.1) is 16.7 Å². The number of benzene rings is 6. The van der Waals surface area contributed by atoms with E-state index in [2.05, 4.69) is 136 Å². The average Bonchev–Trinajstić information content (AvgIpc) is 3.58. The molecule has 4 nitrogen and oxygen atoms in total. The maximum absolute atomic E-state index is 11.2. The Morgan fingerprint density at radius 1 is 0.577 bits per heavy atom. The fourth-order valence-electron chi connectivity index (χ4n) is 8.32. The summed E-state index contributed by atoms with van der Waals surface area (Å²) in [5.41, 5.74) is 14.9. The lowest BCUT2D eigenvalue weighted by Crippen LogP contribution is -2.44. The zero-order chi connectivity index (χ0) is 35.5. The second-order valence-corrected chi connectivity index (χ2v) is 13.9. The summed E-state index contributed by atoms with van der Waals surface area (Å²) in [6.07, 6.45) is 8.72. The molecule has 2 heterocycles. The Morgan fingerprint density at radius 2 is 1.25 bits per heavy atom. The quantitative estimate of drug-likeness (QED) is 0.288. The van der Waals surface area contributed by atoms with Crippen LogP contribution in [0.3, 0.4) is 0 Å². The number of phenolic OH excluding ortho intramolecular Hbond substituents is 1. The number of hydrogen-bond donors (Lipinski definition) is 1. The maximum atomic E-state index is 11.2. The molecule has 0 saturated carbocycles. The van der Waals surface area contributed by atoms with Gasteiger partial charge >= 0.3 is 0 Å². The Kier molecular flexibility index (Phi) is 7.77. The van der Waals surface area contributed by atoms with E-state index in [4.69, 9.17) is 9.97 Å². The molecular weight excluding hydrogens is 630 g/mol. The minimum atomic E-state index is 0.333. The molecule has 0 unspecified atom stereocenters. The molecule has 0 saturated heterocycles. The van der Waals surface area contributed by atoms with E-state index in [1.165, 1.54) is 37.9 Å². The minimum absolute atomic E-state index is 0.333. The molecular formula is C44H35B4N3O. The fraction of sp³-hybridized carbons (Fsp3) is 0.0455. The number of nitrogens with zero attached hydrogens (tertiary/aromatic N) is 3. The number of rotatable bonds is 5. The Labute approximate surface area is 306 Å². The van der Waals surface area contributed by atoms with Gasteiger partial charge in [0.1, 0.15) is 43.0 Å². The van der Waals surface area contributed by atoms with E-state index in [0.29, 0.717) is 5.75 Å². The summed E-state index contributed by atoms with van der Waals surface area (Å²) < 4.78 is 2.27. The van der Waals surface area contributed by atoms with Crippen LogP contribution in [0.1, 0.15) is 12.8 Å². The standard InChI is InChI=1S/C44H35B4N3O/c45-39-38(40(46)43(52)42(48)41(39)47)44-50-34-21-7-8-22-35(34)51(44)26-13-11-12-25(24-26)36-29-16-3-5-18-31(29)37(32-19-6-4-17-30(32)36)28-15-2-1-14-27(28)33-20-9-10-23-49-33/h1-3,5,7-24,52H,4,6,45-48H2. The second-order valence-electron chi connectivity index (χ2n) is 13.9. The van der Waals surface area contributed by atoms with E-state index in [1.54, 1.807) is 0 Å². The zero-order valence-electron chi connectivity index (χ0n) is 29.9. The average molecular weight is 665 g/mol. The van der Waals surface area contributed by atoms with Crippen LogP contribution in [0.4, 0.5) is 0 Å². The normalized spacial score (nSPS) is 12.4. The number of fused-ring (bicyclic) bond motifs is 3. The Bertz CT molecular complexity index is 2840. The van der Waals surface area contributed by atoms with Gasteiger partial charge in [-0.2, -0.15) is 0 Å². The van der Waals surface area contributed by atoms with Gasteiger partial charge in [0.25, 0.3) is 0 Å². The number of aromatic nitrogens is 3. The van der Waals surface area contributed by atoms with Gasteiger partial charge in [0, 0.05) is 23.0 Å². The van der Waals surface area contributed by atoms with Crippen LogP contribution in [0.15, 0.2) is 121 Å². The van der Waals surface area contributed by atoms with Crippen LogP contribution >= 0.6 is 0 Å². The highest BCUT2D eigenvalue weighted by molar-refractivity contribution is 6.62. The molecule has 9 rings (SSSR count). The van der Waals surface area contributed by atoms with Gasteiger partial charge in [-0.15, -0.1) is 0 Å². The Hall–Kier alpha value is -6.00. The third kappa shape index (κ3) is 4.97. The lowest BCUT2D eigenvalue weighted by molar-refractivity contribution is 0.484. The maximum Gasteiger partial charge on any atom is 0.145 e. The summed E-state index contributed by atoms with van der Waals surface area (Å²) in [4.78, 5) is 9.99. The third-order valence-electron chi connectivity index (χ3n) is 11.1.